The van der Waals surface area contributed by atoms with Crippen molar-refractivity contribution in [2.75, 3.05) is 13.2 Å². The third kappa shape index (κ3) is 6.70. The second-order valence-electron chi connectivity index (χ2n) is 7.50. The summed E-state index contributed by atoms with van der Waals surface area (Å²) in [6.45, 7) is 4.20. The van der Waals surface area contributed by atoms with Gasteiger partial charge in [0.25, 0.3) is 0 Å². The Balaban J connectivity index is 0.000000234. The maximum atomic E-state index is 11.5. The largest absolute Gasteiger partial charge is 0.508 e. The van der Waals surface area contributed by atoms with Gasteiger partial charge in [-0.15, -0.1) is 0 Å². The molecule has 2 unspecified atom stereocenters. The van der Waals surface area contributed by atoms with E-state index in [1.807, 2.05) is 6.07 Å². The normalized spacial score (nSPS) is 17.7. The molecule has 2 heterocycles. The Bertz CT molecular complexity index is 1010. The monoisotopic (exact) mass is 494 g/mol. The lowest BCUT2D eigenvalue weighted by Crippen LogP contribution is -2.32. The molecule has 2 aromatic rings. The number of carbonyl (C=O) groups excluding carboxylic acids is 2. The van der Waals surface area contributed by atoms with Crippen LogP contribution in [0.15, 0.2) is 30.3 Å². The van der Waals surface area contributed by atoms with Crippen LogP contribution in [0.2, 0.25) is 5.02 Å². The summed E-state index contributed by atoms with van der Waals surface area (Å²) < 4.78 is 20.8. The Hall–Kier alpha value is -3.13. The Labute approximate surface area is 204 Å². The maximum absolute atomic E-state index is 11.5. The van der Waals surface area contributed by atoms with Crippen LogP contribution in [0.4, 0.5) is 0 Å². The molecule has 0 saturated carbocycles. The van der Waals surface area contributed by atoms with E-state index in [1.165, 1.54) is 12.1 Å². The maximum Gasteiger partial charge on any atom is 0.347 e. The van der Waals surface area contributed by atoms with Crippen molar-refractivity contribution in [3.63, 3.8) is 0 Å². The predicted molar refractivity (Wildman–Crippen MR) is 127 cm³/mol. The zero-order chi connectivity index (χ0) is 24.0. The Kier molecular flexibility index (Phi) is 9.86. The van der Waals surface area contributed by atoms with E-state index in [-0.39, 0.29) is 30.9 Å². The number of rotatable bonds is 4. The highest BCUT2D eigenvalue weighted by molar-refractivity contribution is 6.32. The molecule has 0 aliphatic carbocycles. The average Bonchev–Trinajstić information content (AvgIpc) is 2.80. The van der Waals surface area contributed by atoms with Crippen LogP contribution < -0.4 is 9.47 Å². The van der Waals surface area contributed by atoms with Crippen molar-refractivity contribution in [3.05, 3.63) is 46.5 Å². The minimum absolute atomic E-state index is 0. The van der Waals surface area contributed by atoms with Crippen LogP contribution in [-0.2, 0) is 31.9 Å². The number of halogens is 1. The molecule has 2 atom stereocenters. The molecule has 2 aliphatic heterocycles. The summed E-state index contributed by atoms with van der Waals surface area (Å²) in [5.41, 5.74) is 1.91. The zero-order valence-corrected chi connectivity index (χ0v) is 19.3. The molecule has 8 nitrogen and oxygen atoms in total. The van der Waals surface area contributed by atoms with Crippen LogP contribution in [-0.4, -0.2) is 47.6 Å². The number of aromatic hydroxyl groups is 2. The van der Waals surface area contributed by atoms with Gasteiger partial charge in [0.2, 0.25) is 0 Å². The van der Waals surface area contributed by atoms with Gasteiger partial charge < -0.3 is 29.2 Å². The number of carbonyl (C=O) groups is 2. The summed E-state index contributed by atoms with van der Waals surface area (Å²) >= 11 is 5.80. The van der Waals surface area contributed by atoms with E-state index in [9.17, 15) is 19.8 Å². The molecule has 2 aliphatic rings. The van der Waals surface area contributed by atoms with Crippen molar-refractivity contribution in [1.82, 2.24) is 0 Å². The molecule has 0 radical (unpaired) electrons. The van der Waals surface area contributed by atoms with Gasteiger partial charge in [0, 0.05) is 12.1 Å². The second-order valence-corrected chi connectivity index (χ2v) is 7.91. The Morgan fingerprint density at radius 3 is 2.00 bits per heavy atom. The fraction of sp³-hybridized carbons (Fsp3) is 0.440. The molecule has 0 aromatic heterocycles. The number of fused-ring (bicyclic) bond motifs is 2. The van der Waals surface area contributed by atoms with Gasteiger partial charge in [0.15, 0.2) is 12.2 Å². The SMILES string of the molecule is C.CCOC(=O)C1CCc2cc(Cl)c(O)cc2O1.CCOC(=O)C1CCc2ccc(O)cc2O1. The van der Waals surface area contributed by atoms with Crippen LogP contribution >= 0.6 is 11.6 Å². The van der Waals surface area contributed by atoms with Crippen molar-refractivity contribution >= 4 is 23.5 Å². The van der Waals surface area contributed by atoms with Crippen molar-refractivity contribution in [2.45, 2.75) is 59.2 Å². The molecule has 0 saturated heterocycles. The summed E-state index contributed by atoms with van der Waals surface area (Å²) in [4.78, 5) is 23.0. The molecular formula is C25H31ClO8. The van der Waals surface area contributed by atoms with Gasteiger partial charge in [-0.2, -0.15) is 0 Å². The fourth-order valence-electron chi connectivity index (χ4n) is 3.55. The molecule has 186 valence electrons. The summed E-state index contributed by atoms with van der Waals surface area (Å²) in [5.74, 6) is 0.461. The van der Waals surface area contributed by atoms with E-state index in [2.05, 4.69) is 0 Å². The summed E-state index contributed by atoms with van der Waals surface area (Å²) in [5, 5.41) is 19.1. The predicted octanol–water partition coefficient (Wildman–Crippen LogP) is 4.59. The molecule has 0 amide bonds. The van der Waals surface area contributed by atoms with E-state index in [1.54, 1.807) is 26.0 Å². The van der Waals surface area contributed by atoms with Crippen LogP contribution in [0.1, 0.15) is 45.2 Å². The molecule has 0 fully saturated rings. The summed E-state index contributed by atoms with van der Waals surface area (Å²) in [7, 11) is 0. The number of hydrogen-bond donors (Lipinski definition) is 2. The fourth-order valence-corrected chi connectivity index (χ4v) is 3.73. The third-order valence-electron chi connectivity index (χ3n) is 5.17. The van der Waals surface area contributed by atoms with Crippen molar-refractivity contribution in [1.29, 1.82) is 0 Å². The standard InChI is InChI=1S/C12H13ClO4.C12H14O4.CH4/c1-2-16-12(15)10-4-3-7-5-8(13)9(14)6-11(7)17-10;1-2-15-12(14)10-6-4-8-3-5-9(13)7-11(8)16-10;/h5-6,10,14H,2-4H2,1H3;3,5,7,10,13H,2,4,6H2,1H3;1H4. The number of phenols is 2. The van der Waals surface area contributed by atoms with Gasteiger partial charge in [0.05, 0.1) is 18.2 Å². The first-order chi connectivity index (χ1) is 15.8. The number of esters is 2. The van der Waals surface area contributed by atoms with Gasteiger partial charge in [-0.1, -0.05) is 25.1 Å². The minimum Gasteiger partial charge on any atom is -0.508 e. The number of ether oxygens (including phenoxy) is 4. The molecule has 2 N–H and O–H groups in total. The minimum atomic E-state index is -0.594. The van der Waals surface area contributed by atoms with Crippen molar-refractivity contribution < 1.29 is 38.7 Å². The lowest BCUT2D eigenvalue weighted by molar-refractivity contribution is -0.152. The Morgan fingerprint density at radius 1 is 0.912 bits per heavy atom. The lowest BCUT2D eigenvalue weighted by atomic mass is 10.0. The van der Waals surface area contributed by atoms with Gasteiger partial charge in [0.1, 0.15) is 23.0 Å². The van der Waals surface area contributed by atoms with Gasteiger partial charge >= 0.3 is 11.9 Å². The molecular weight excluding hydrogens is 464 g/mol. The van der Waals surface area contributed by atoms with E-state index < -0.39 is 12.2 Å². The molecule has 0 spiro atoms. The molecule has 9 heteroatoms. The smallest absolute Gasteiger partial charge is 0.347 e. The first-order valence-corrected chi connectivity index (χ1v) is 11.2. The first kappa shape index (κ1) is 27.1. The molecule has 34 heavy (non-hydrogen) atoms. The van der Waals surface area contributed by atoms with Crippen molar-refractivity contribution in [3.8, 4) is 23.0 Å². The lowest BCUT2D eigenvalue weighted by Gasteiger charge is -2.24. The van der Waals surface area contributed by atoms with E-state index in [0.29, 0.717) is 49.0 Å². The highest BCUT2D eigenvalue weighted by atomic mass is 35.5. The first-order valence-electron chi connectivity index (χ1n) is 10.8. The summed E-state index contributed by atoms with van der Waals surface area (Å²) in [6, 6.07) is 8.05. The summed E-state index contributed by atoms with van der Waals surface area (Å²) in [6.07, 6.45) is 1.49. The number of aryl methyl sites for hydroxylation is 2. The van der Waals surface area contributed by atoms with Gasteiger partial charge in [-0.05, 0) is 62.8 Å². The van der Waals surface area contributed by atoms with Crippen LogP contribution in [0.5, 0.6) is 23.0 Å². The van der Waals surface area contributed by atoms with E-state index >= 15 is 0 Å². The zero-order valence-electron chi connectivity index (χ0n) is 18.5. The van der Waals surface area contributed by atoms with Crippen LogP contribution in [0.25, 0.3) is 0 Å². The number of phenolic OH excluding ortho intramolecular Hbond substituents is 2. The quantitative estimate of drug-likeness (QED) is 0.594. The molecule has 0 bridgehead atoms. The van der Waals surface area contributed by atoms with Gasteiger partial charge in [-0.3, -0.25) is 0 Å². The number of benzene rings is 2. The third-order valence-corrected chi connectivity index (χ3v) is 5.47. The highest BCUT2D eigenvalue weighted by Crippen LogP contribution is 2.36. The van der Waals surface area contributed by atoms with E-state index in [0.717, 1.165) is 17.5 Å². The van der Waals surface area contributed by atoms with Crippen LogP contribution in [0.3, 0.4) is 0 Å². The Morgan fingerprint density at radius 2 is 1.44 bits per heavy atom. The molecule has 2 aromatic carbocycles. The van der Waals surface area contributed by atoms with Gasteiger partial charge in [-0.25, -0.2) is 9.59 Å². The van der Waals surface area contributed by atoms with E-state index in [4.69, 9.17) is 30.5 Å². The van der Waals surface area contributed by atoms with Crippen LogP contribution in [0, 0.1) is 0 Å². The topological polar surface area (TPSA) is 112 Å². The second kappa shape index (κ2) is 12.4. The average molecular weight is 495 g/mol. The highest BCUT2D eigenvalue weighted by Gasteiger charge is 2.28. The number of hydrogen-bond acceptors (Lipinski definition) is 8. The van der Waals surface area contributed by atoms with Crippen molar-refractivity contribution in [2.24, 2.45) is 0 Å². The molecule has 4 rings (SSSR count).